The number of Topliss-reactive ketones (excluding diaryl/α,β-unsaturated/α-hetero) is 1. The Bertz CT molecular complexity index is 523. The van der Waals surface area contributed by atoms with Crippen LogP contribution in [0.5, 0.6) is 0 Å². The van der Waals surface area contributed by atoms with Crippen LogP contribution in [0, 0.1) is 11.2 Å². The molecule has 2 rings (SSSR count). The average Bonchev–Trinajstić information content (AvgIpc) is 3.24. The Balaban J connectivity index is 1.87. The highest BCUT2D eigenvalue weighted by molar-refractivity contribution is 8.00. The Morgan fingerprint density at radius 3 is 2.48 bits per heavy atom. The molecule has 1 aromatic carbocycles. The second kappa shape index (κ2) is 6.60. The number of benzene rings is 1. The fourth-order valence-corrected chi connectivity index (χ4v) is 3.44. The molecule has 1 aromatic rings. The van der Waals surface area contributed by atoms with E-state index in [1.54, 1.807) is 11.8 Å². The van der Waals surface area contributed by atoms with Gasteiger partial charge in [0.1, 0.15) is 5.82 Å². The zero-order chi connectivity index (χ0) is 15.5. The van der Waals surface area contributed by atoms with Crippen molar-refractivity contribution in [3.63, 3.8) is 0 Å². The second-order valence-corrected chi connectivity index (χ2v) is 6.91. The van der Waals surface area contributed by atoms with Gasteiger partial charge in [-0.3, -0.25) is 9.59 Å². The zero-order valence-electron chi connectivity index (χ0n) is 12.2. The van der Waals surface area contributed by atoms with Gasteiger partial charge >= 0.3 is 5.97 Å². The second-order valence-electron chi connectivity index (χ2n) is 5.58. The van der Waals surface area contributed by atoms with Gasteiger partial charge in [-0.25, -0.2) is 4.39 Å². The van der Waals surface area contributed by atoms with Gasteiger partial charge in [-0.15, -0.1) is 11.8 Å². The molecule has 0 heterocycles. The Morgan fingerprint density at radius 2 is 1.95 bits per heavy atom. The molecule has 21 heavy (non-hydrogen) atoms. The van der Waals surface area contributed by atoms with E-state index in [4.69, 9.17) is 4.74 Å². The number of carbonyl (C=O) groups is 2. The predicted molar refractivity (Wildman–Crippen MR) is 81.0 cm³/mol. The average molecular weight is 310 g/mol. The maximum Gasteiger partial charge on any atom is 0.306 e. The number of thioether (sulfide) groups is 1. The molecule has 5 heteroatoms. The lowest BCUT2D eigenvalue weighted by Crippen LogP contribution is -2.18. The quantitative estimate of drug-likeness (QED) is 0.571. The van der Waals surface area contributed by atoms with Gasteiger partial charge in [0.15, 0.2) is 5.78 Å². The first kappa shape index (κ1) is 16.0. The minimum absolute atomic E-state index is 0.00568. The summed E-state index contributed by atoms with van der Waals surface area (Å²) in [5.74, 6) is 0.234. The standard InChI is InChI=1S/C16H19FO3S/c1-11(15(19)12-3-5-13(17)6-4-12)21-10-16(7-8-16)9-14(18)20-2/h3-6,11H,7-10H2,1-2H3. The Kier molecular flexibility index (Phi) is 5.04. The van der Waals surface area contributed by atoms with Crippen LogP contribution in [0.1, 0.15) is 36.5 Å². The summed E-state index contributed by atoms with van der Waals surface area (Å²) in [5.41, 5.74) is 0.531. The van der Waals surface area contributed by atoms with Crippen LogP contribution in [0.2, 0.25) is 0 Å². The minimum Gasteiger partial charge on any atom is -0.469 e. The molecule has 0 radical (unpaired) electrons. The first-order valence-electron chi connectivity index (χ1n) is 6.94. The van der Waals surface area contributed by atoms with Crippen molar-refractivity contribution in [1.82, 2.24) is 0 Å². The van der Waals surface area contributed by atoms with Crippen LogP contribution in [0.3, 0.4) is 0 Å². The summed E-state index contributed by atoms with van der Waals surface area (Å²) in [7, 11) is 1.40. The molecule has 114 valence electrons. The Hall–Kier alpha value is -1.36. The highest BCUT2D eigenvalue weighted by atomic mass is 32.2. The highest BCUT2D eigenvalue weighted by Gasteiger charge is 2.45. The number of ether oxygens (including phenoxy) is 1. The van der Waals surface area contributed by atoms with Crippen molar-refractivity contribution in [2.45, 2.75) is 31.4 Å². The van der Waals surface area contributed by atoms with E-state index in [1.165, 1.54) is 31.4 Å². The molecule has 0 aromatic heterocycles. The van der Waals surface area contributed by atoms with Gasteiger partial charge in [0, 0.05) is 11.3 Å². The highest BCUT2D eigenvalue weighted by Crippen LogP contribution is 2.51. The van der Waals surface area contributed by atoms with Crippen molar-refractivity contribution < 1.29 is 18.7 Å². The summed E-state index contributed by atoms with van der Waals surface area (Å²) in [5, 5.41) is -0.203. The SMILES string of the molecule is COC(=O)CC1(CSC(C)C(=O)c2ccc(F)cc2)CC1. The first-order valence-corrected chi connectivity index (χ1v) is 7.99. The predicted octanol–water partition coefficient (Wildman–Crippen LogP) is 3.47. The van der Waals surface area contributed by atoms with Gasteiger partial charge in [-0.05, 0) is 49.4 Å². The van der Waals surface area contributed by atoms with Crippen LogP contribution < -0.4 is 0 Å². The third kappa shape index (κ3) is 4.30. The van der Waals surface area contributed by atoms with Gasteiger partial charge in [0.2, 0.25) is 0 Å². The molecule has 1 unspecified atom stereocenters. The molecular formula is C16H19FO3S. The number of ketones is 1. The summed E-state index contributed by atoms with van der Waals surface area (Å²) in [6, 6.07) is 5.61. The summed E-state index contributed by atoms with van der Waals surface area (Å²) in [6.45, 7) is 1.85. The normalized spacial score (nSPS) is 17.1. The van der Waals surface area contributed by atoms with Crippen molar-refractivity contribution in [3.8, 4) is 0 Å². The largest absolute Gasteiger partial charge is 0.469 e. The molecule has 0 spiro atoms. The summed E-state index contributed by atoms with van der Waals surface area (Å²) < 4.78 is 17.6. The molecule has 1 atom stereocenters. The van der Waals surface area contributed by atoms with E-state index in [2.05, 4.69) is 0 Å². The molecule has 1 saturated carbocycles. The smallest absolute Gasteiger partial charge is 0.306 e. The monoisotopic (exact) mass is 310 g/mol. The number of halogens is 1. The Labute approximate surface area is 128 Å². The number of esters is 1. The third-order valence-electron chi connectivity index (χ3n) is 3.84. The van der Waals surface area contributed by atoms with Crippen molar-refractivity contribution in [2.75, 3.05) is 12.9 Å². The topological polar surface area (TPSA) is 43.4 Å². The number of hydrogen-bond donors (Lipinski definition) is 0. The van der Waals surface area contributed by atoms with Gasteiger partial charge in [0.05, 0.1) is 18.8 Å². The van der Waals surface area contributed by atoms with E-state index < -0.39 is 0 Å². The van der Waals surface area contributed by atoms with Crippen molar-refractivity contribution in [1.29, 1.82) is 0 Å². The number of hydrogen-bond acceptors (Lipinski definition) is 4. The van der Waals surface area contributed by atoms with E-state index in [0.29, 0.717) is 12.0 Å². The van der Waals surface area contributed by atoms with Crippen LogP contribution in [0.4, 0.5) is 4.39 Å². The number of rotatable bonds is 7. The van der Waals surface area contributed by atoms with Gasteiger partial charge < -0.3 is 4.74 Å². The molecule has 1 aliphatic carbocycles. The van der Waals surface area contributed by atoms with Crippen LogP contribution in [0.25, 0.3) is 0 Å². The molecule has 0 N–H and O–H groups in total. The molecule has 0 saturated heterocycles. The van der Waals surface area contributed by atoms with Crippen LogP contribution in [-0.4, -0.2) is 29.9 Å². The van der Waals surface area contributed by atoms with E-state index in [9.17, 15) is 14.0 Å². The molecular weight excluding hydrogens is 291 g/mol. The van der Waals surface area contributed by atoms with Crippen molar-refractivity contribution in [2.24, 2.45) is 5.41 Å². The fourth-order valence-electron chi connectivity index (χ4n) is 2.15. The minimum atomic E-state index is -0.345. The van der Waals surface area contributed by atoms with Crippen LogP contribution >= 0.6 is 11.8 Å². The van der Waals surface area contributed by atoms with E-state index >= 15 is 0 Å². The zero-order valence-corrected chi connectivity index (χ0v) is 13.0. The van der Waals surface area contributed by atoms with Crippen molar-refractivity contribution in [3.05, 3.63) is 35.6 Å². The van der Waals surface area contributed by atoms with Crippen molar-refractivity contribution >= 4 is 23.5 Å². The Morgan fingerprint density at radius 1 is 1.33 bits per heavy atom. The van der Waals surface area contributed by atoms with E-state index in [1.807, 2.05) is 6.92 Å². The third-order valence-corrected chi connectivity index (χ3v) is 5.33. The molecule has 1 aliphatic rings. The number of carbonyl (C=O) groups excluding carboxylic acids is 2. The molecule has 1 fully saturated rings. The lowest BCUT2D eigenvalue weighted by atomic mass is 10.1. The lowest BCUT2D eigenvalue weighted by molar-refractivity contribution is -0.141. The fraction of sp³-hybridized carbons (Fsp3) is 0.500. The molecule has 0 aliphatic heterocycles. The van der Waals surface area contributed by atoms with Gasteiger partial charge in [0.25, 0.3) is 0 Å². The summed E-state index contributed by atoms with van der Waals surface area (Å²) >= 11 is 1.55. The van der Waals surface area contributed by atoms with Gasteiger partial charge in [-0.2, -0.15) is 0 Å². The van der Waals surface area contributed by atoms with E-state index in [0.717, 1.165) is 18.6 Å². The number of methoxy groups -OCH3 is 1. The molecule has 0 amide bonds. The first-order chi connectivity index (χ1) is 9.96. The van der Waals surface area contributed by atoms with E-state index in [-0.39, 0.29) is 28.2 Å². The molecule has 3 nitrogen and oxygen atoms in total. The van der Waals surface area contributed by atoms with Gasteiger partial charge in [-0.1, -0.05) is 0 Å². The maximum atomic E-state index is 12.9. The summed E-state index contributed by atoms with van der Waals surface area (Å²) in [6.07, 6.45) is 2.44. The summed E-state index contributed by atoms with van der Waals surface area (Å²) in [4.78, 5) is 23.6. The maximum absolute atomic E-state index is 12.9. The lowest BCUT2D eigenvalue weighted by Gasteiger charge is -2.16. The van der Waals surface area contributed by atoms with Crippen LogP contribution in [0.15, 0.2) is 24.3 Å². The van der Waals surface area contributed by atoms with Crippen LogP contribution in [-0.2, 0) is 9.53 Å². The molecule has 0 bridgehead atoms.